The minimum absolute atomic E-state index is 0. The molecule has 60 valence electrons. The molecule has 6 heteroatoms. The molecular weight excluding hydrogens is 158 g/mol. The highest BCUT2D eigenvalue weighted by Crippen LogP contribution is 1.89. The molecule has 1 saturated heterocycles. The quantitative estimate of drug-likeness (QED) is 0.423. The molecule has 5 nitrogen and oxygen atoms in total. The predicted octanol–water partition coefficient (Wildman–Crippen LogP) is -0.495. The zero-order valence-electron chi connectivity index (χ0n) is 5.45. The van der Waals surface area contributed by atoms with E-state index in [9.17, 15) is 10.1 Å². The second-order valence-electron chi connectivity index (χ2n) is 1.94. The van der Waals surface area contributed by atoms with Crippen LogP contribution < -0.4 is 5.32 Å². The smallest absolute Gasteiger partial charge is 0.160 e. The number of hydrazine groups is 1. The van der Waals surface area contributed by atoms with E-state index in [1.165, 1.54) is 5.01 Å². The maximum absolute atomic E-state index is 10.1. The monoisotopic (exact) mass is 167 g/mol. The Morgan fingerprint density at radius 1 is 1.40 bits per heavy atom. The summed E-state index contributed by atoms with van der Waals surface area (Å²) in [6.07, 6.45) is 0. The van der Waals surface area contributed by atoms with Gasteiger partial charge in [-0.05, 0) is 0 Å². The molecule has 0 radical (unpaired) electrons. The van der Waals surface area contributed by atoms with E-state index in [-0.39, 0.29) is 17.4 Å². The van der Waals surface area contributed by atoms with Gasteiger partial charge in [0.1, 0.15) is 0 Å². The second kappa shape index (κ2) is 4.29. The number of nitrogens with zero attached hydrogens (tertiary/aromatic N) is 2. The van der Waals surface area contributed by atoms with Gasteiger partial charge in [0.05, 0.1) is 13.1 Å². The summed E-state index contributed by atoms with van der Waals surface area (Å²) in [6, 6.07) is 0. The number of piperazine rings is 1. The average Bonchev–Trinajstić information content (AvgIpc) is 1.90. The van der Waals surface area contributed by atoms with Crippen LogP contribution in [0.4, 0.5) is 0 Å². The number of hydrogen-bond acceptors (Lipinski definition) is 3. The summed E-state index contributed by atoms with van der Waals surface area (Å²) in [5.41, 5.74) is 0. The molecule has 10 heavy (non-hydrogen) atoms. The highest BCUT2D eigenvalue weighted by atomic mass is 35.5. The Kier molecular flexibility index (Phi) is 4.06. The van der Waals surface area contributed by atoms with Crippen LogP contribution in [0.1, 0.15) is 0 Å². The lowest BCUT2D eigenvalue weighted by Crippen LogP contribution is -2.46. The van der Waals surface area contributed by atoms with Gasteiger partial charge in [-0.25, -0.2) is 10.1 Å². The van der Waals surface area contributed by atoms with Crippen LogP contribution in [0.15, 0.2) is 0 Å². The summed E-state index contributed by atoms with van der Waals surface area (Å²) in [5, 5.41) is 14.0. The van der Waals surface area contributed by atoms with E-state index >= 15 is 0 Å². The van der Waals surface area contributed by atoms with Crippen LogP contribution in [0.5, 0.6) is 0 Å². The van der Waals surface area contributed by atoms with Crippen LogP contribution in [0.3, 0.4) is 0 Å². The Morgan fingerprint density at radius 3 is 2.20 bits per heavy atom. The molecule has 1 aliphatic rings. The average molecular weight is 168 g/mol. The first-order valence-electron chi connectivity index (χ1n) is 2.90. The molecule has 1 N–H and O–H groups in total. The van der Waals surface area contributed by atoms with Gasteiger partial charge in [0.2, 0.25) is 0 Å². The summed E-state index contributed by atoms with van der Waals surface area (Å²) >= 11 is 0. The summed E-state index contributed by atoms with van der Waals surface area (Å²) in [7, 11) is 0. The van der Waals surface area contributed by atoms with E-state index in [0.29, 0.717) is 13.1 Å². The second-order valence-corrected chi connectivity index (χ2v) is 1.94. The molecule has 1 rings (SSSR count). The van der Waals surface area contributed by atoms with Crippen LogP contribution in [-0.4, -0.2) is 36.2 Å². The summed E-state index contributed by atoms with van der Waals surface area (Å²) in [5.74, 6) is 0. The Labute approximate surface area is 64.9 Å². The molecule has 0 aromatic rings. The van der Waals surface area contributed by atoms with Gasteiger partial charge >= 0.3 is 0 Å². The van der Waals surface area contributed by atoms with Crippen LogP contribution in [0.2, 0.25) is 0 Å². The van der Waals surface area contributed by atoms with Crippen molar-refractivity contribution in [3.63, 3.8) is 0 Å². The van der Waals surface area contributed by atoms with Crippen molar-refractivity contribution in [2.75, 3.05) is 26.2 Å². The van der Waals surface area contributed by atoms with Gasteiger partial charge in [0.25, 0.3) is 0 Å². The Morgan fingerprint density at radius 2 is 1.90 bits per heavy atom. The molecule has 0 aromatic carbocycles. The van der Waals surface area contributed by atoms with Crippen molar-refractivity contribution in [3.05, 3.63) is 10.1 Å². The van der Waals surface area contributed by atoms with E-state index in [0.717, 1.165) is 13.1 Å². The molecular formula is C4H10ClN3O2. The van der Waals surface area contributed by atoms with Crippen molar-refractivity contribution in [1.82, 2.24) is 10.3 Å². The maximum Gasteiger partial charge on any atom is 0.160 e. The fourth-order valence-electron chi connectivity index (χ4n) is 0.816. The molecule has 0 saturated carbocycles. The molecule has 0 bridgehead atoms. The van der Waals surface area contributed by atoms with Gasteiger partial charge in [0.15, 0.2) is 5.03 Å². The maximum atomic E-state index is 10.1. The van der Waals surface area contributed by atoms with Gasteiger partial charge in [-0.3, -0.25) is 0 Å². The number of nitro groups is 1. The van der Waals surface area contributed by atoms with Crippen LogP contribution in [0, 0.1) is 10.1 Å². The van der Waals surface area contributed by atoms with Crippen LogP contribution in [0.25, 0.3) is 0 Å². The molecule has 0 aromatic heterocycles. The zero-order valence-corrected chi connectivity index (χ0v) is 6.26. The van der Waals surface area contributed by atoms with Gasteiger partial charge in [-0.15, -0.1) is 17.4 Å². The minimum atomic E-state index is -0.346. The first-order chi connectivity index (χ1) is 4.30. The Bertz CT molecular complexity index is 115. The highest BCUT2D eigenvalue weighted by Gasteiger charge is 2.15. The largest absolute Gasteiger partial charge is 0.313 e. The molecule has 0 atom stereocenters. The van der Waals surface area contributed by atoms with Crippen molar-refractivity contribution in [3.8, 4) is 0 Å². The van der Waals surface area contributed by atoms with Crippen molar-refractivity contribution in [2.45, 2.75) is 0 Å². The van der Waals surface area contributed by atoms with Crippen LogP contribution in [-0.2, 0) is 0 Å². The van der Waals surface area contributed by atoms with Crippen molar-refractivity contribution >= 4 is 12.4 Å². The van der Waals surface area contributed by atoms with Gasteiger partial charge in [-0.2, -0.15) is 0 Å². The highest BCUT2D eigenvalue weighted by molar-refractivity contribution is 5.85. The molecule has 0 spiro atoms. The van der Waals surface area contributed by atoms with E-state index in [4.69, 9.17) is 0 Å². The summed E-state index contributed by atoms with van der Waals surface area (Å²) in [4.78, 5) is 10.1. The van der Waals surface area contributed by atoms with E-state index < -0.39 is 0 Å². The number of hydrogen-bond donors (Lipinski definition) is 1. The van der Waals surface area contributed by atoms with Crippen molar-refractivity contribution < 1.29 is 5.03 Å². The molecule has 1 aliphatic heterocycles. The van der Waals surface area contributed by atoms with Crippen LogP contribution >= 0.6 is 12.4 Å². The fraction of sp³-hybridized carbons (Fsp3) is 1.00. The third-order valence-corrected chi connectivity index (χ3v) is 1.32. The lowest BCUT2D eigenvalue weighted by atomic mass is 10.4. The molecule has 0 unspecified atom stereocenters. The number of rotatable bonds is 1. The third-order valence-electron chi connectivity index (χ3n) is 1.32. The fourth-order valence-corrected chi connectivity index (χ4v) is 0.816. The first-order valence-corrected chi connectivity index (χ1v) is 2.90. The van der Waals surface area contributed by atoms with Crippen molar-refractivity contribution in [1.29, 1.82) is 0 Å². The summed E-state index contributed by atoms with van der Waals surface area (Å²) < 4.78 is 0. The predicted molar refractivity (Wildman–Crippen MR) is 38.7 cm³/mol. The lowest BCUT2D eigenvalue weighted by Gasteiger charge is -2.19. The number of nitrogens with one attached hydrogen (secondary N) is 1. The topological polar surface area (TPSA) is 58.4 Å². The minimum Gasteiger partial charge on any atom is -0.313 e. The lowest BCUT2D eigenvalue weighted by molar-refractivity contribution is -0.656. The SMILES string of the molecule is Cl.O=[N+]([O-])N1CCNCC1. The number of halogens is 1. The normalized spacial score (nSPS) is 17.8. The summed E-state index contributed by atoms with van der Waals surface area (Å²) in [6.45, 7) is 2.49. The molecule has 0 aliphatic carbocycles. The standard InChI is InChI=1S/C4H9N3O2.ClH/c8-7(9)6-3-1-5-2-4-6;/h5H,1-4H2;1H. The van der Waals surface area contributed by atoms with Gasteiger partial charge in [0, 0.05) is 13.1 Å². The Balaban J connectivity index is 0.000000810. The van der Waals surface area contributed by atoms with Gasteiger partial charge in [-0.1, -0.05) is 0 Å². The van der Waals surface area contributed by atoms with E-state index in [1.54, 1.807) is 0 Å². The van der Waals surface area contributed by atoms with Gasteiger partial charge < -0.3 is 5.32 Å². The first kappa shape index (κ1) is 9.45. The van der Waals surface area contributed by atoms with E-state index in [2.05, 4.69) is 5.32 Å². The zero-order chi connectivity index (χ0) is 6.69. The third kappa shape index (κ3) is 2.36. The molecule has 0 amide bonds. The van der Waals surface area contributed by atoms with E-state index in [1.807, 2.05) is 0 Å². The van der Waals surface area contributed by atoms with Crippen molar-refractivity contribution in [2.24, 2.45) is 0 Å². The molecule has 1 fully saturated rings. The molecule has 1 heterocycles. The Hall–Kier alpha value is -0.550.